The zero-order valence-corrected chi connectivity index (χ0v) is 13.9. The van der Waals surface area contributed by atoms with Crippen LogP contribution in [-0.2, 0) is 5.54 Å². The summed E-state index contributed by atoms with van der Waals surface area (Å²) in [6.45, 7) is 0.807. The van der Waals surface area contributed by atoms with E-state index in [2.05, 4.69) is 5.32 Å². The number of hydrogen-bond acceptors (Lipinski definition) is 3. The molecule has 1 atom stereocenters. The highest BCUT2D eigenvalue weighted by atomic mass is 35.5. The second-order valence-electron chi connectivity index (χ2n) is 6.74. The minimum atomic E-state index is -1.05. The highest BCUT2D eigenvalue weighted by Crippen LogP contribution is 2.45. The van der Waals surface area contributed by atoms with Gasteiger partial charge >= 0.3 is 6.03 Å². The van der Waals surface area contributed by atoms with Gasteiger partial charge in [-0.2, -0.15) is 0 Å². The largest absolute Gasteiger partial charge is 0.393 e. The number of nitrogens with one attached hydrogen (secondary N) is 1. The van der Waals surface area contributed by atoms with Crippen LogP contribution in [0.1, 0.15) is 37.7 Å². The van der Waals surface area contributed by atoms with Gasteiger partial charge in [0.2, 0.25) is 0 Å². The number of nitrogens with zero attached hydrogens (tertiary/aromatic N) is 1. The molecule has 6 heteroatoms. The summed E-state index contributed by atoms with van der Waals surface area (Å²) >= 11 is 5.93. The maximum atomic E-state index is 12.6. The van der Waals surface area contributed by atoms with Crippen LogP contribution in [0.4, 0.5) is 4.79 Å². The average Bonchev–Trinajstić information content (AvgIpc) is 3.33. The first-order chi connectivity index (χ1) is 11.0. The summed E-state index contributed by atoms with van der Waals surface area (Å²) in [5, 5.41) is 23.3. The molecule has 1 aromatic carbocycles. The summed E-state index contributed by atoms with van der Waals surface area (Å²) < 4.78 is 0. The molecule has 1 aliphatic carbocycles. The van der Waals surface area contributed by atoms with Crippen molar-refractivity contribution in [2.45, 2.75) is 43.2 Å². The van der Waals surface area contributed by atoms with Gasteiger partial charge < -0.3 is 20.4 Å². The van der Waals surface area contributed by atoms with E-state index in [1.54, 1.807) is 4.90 Å². The Balaban J connectivity index is 1.64. The molecule has 0 unspecified atom stereocenters. The number of rotatable bonds is 3. The lowest BCUT2D eigenvalue weighted by atomic mass is 9.96. The van der Waals surface area contributed by atoms with E-state index in [0.29, 0.717) is 37.4 Å². The zero-order valence-electron chi connectivity index (χ0n) is 13.1. The standard InChI is InChI=1S/C17H23ClN2O3/c18-14-4-2-13(3-5-14)17(7-8-17)19-15(22)20-10-1-6-16(23,12-21)9-11-20/h2-5,21,23H,1,6-12H2,(H,19,22)/t16-/m1/s1. The lowest BCUT2D eigenvalue weighted by molar-refractivity contribution is -0.0248. The van der Waals surface area contributed by atoms with Crippen molar-refractivity contribution in [1.82, 2.24) is 10.2 Å². The van der Waals surface area contributed by atoms with E-state index in [0.717, 1.165) is 18.4 Å². The fourth-order valence-corrected chi connectivity index (χ4v) is 3.33. The molecule has 3 rings (SSSR count). The SMILES string of the molecule is O=C(NC1(c2ccc(Cl)cc2)CC1)N1CCC[C@](O)(CO)CC1. The molecule has 0 aromatic heterocycles. The summed E-state index contributed by atoms with van der Waals surface area (Å²) in [5.41, 5.74) is -0.249. The third kappa shape index (κ3) is 3.62. The Hall–Kier alpha value is -1.30. The van der Waals surface area contributed by atoms with Crippen LogP contribution in [0.25, 0.3) is 0 Å². The van der Waals surface area contributed by atoms with E-state index >= 15 is 0 Å². The number of likely N-dealkylation sites (tertiary alicyclic amines) is 1. The van der Waals surface area contributed by atoms with Crippen LogP contribution in [0, 0.1) is 0 Å². The third-order valence-electron chi connectivity index (χ3n) is 4.99. The lowest BCUT2D eigenvalue weighted by Gasteiger charge is -2.27. The fourth-order valence-electron chi connectivity index (χ4n) is 3.20. The van der Waals surface area contributed by atoms with Gasteiger partial charge in [0.05, 0.1) is 17.7 Å². The molecule has 5 nitrogen and oxygen atoms in total. The Morgan fingerprint density at radius 3 is 2.48 bits per heavy atom. The summed E-state index contributed by atoms with van der Waals surface area (Å²) in [4.78, 5) is 14.3. The number of urea groups is 1. The maximum absolute atomic E-state index is 12.6. The topological polar surface area (TPSA) is 72.8 Å². The van der Waals surface area contributed by atoms with Crippen LogP contribution in [0.2, 0.25) is 5.02 Å². The van der Waals surface area contributed by atoms with Gasteiger partial charge in [0.1, 0.15) is 0 Å². The molecular weight excluding hydrogens is 316 g/mol. The number of hydrogen-bond donors (Lipinski definition) is 3. The molecule has 0 bridgehead atoms. The van der Waals surface area contributed by atoms with Crippen molar-refractivity contribution in [1.29, 1.82) is 0 Å². The Kier molecular flexibility index (Phi) is 4.54. The normalized spacial score (nSPS) is 26.5. The van der Waals surface area contributed by atoms with Crippen LogP contribution < -0.4 is 5.32 Å². The van der Waals surface area contributed by atoms with Crippen molar-refractivity contribution in [3.63, 3.8) is 0 Å². The molecule has 1 aliphatic heterocycles. The van der Waals surface area contributed by atoms with Crippen molar-refractivity contribution < 1.29 is 15.0 Å². The number of carbonyl (C=O) groups is 1. The molecule has 1 heterocycles. The summed E-state index contributed by atoms with van der Waals surface area (Å²) in [6.07, 6.45) is 3.47. The summed E-state index contributed by atoms with van der Waals surface area (Å²) in [7, 11) is 0. The van der Waals surface area contributed by atoms with Gasteiger partial charge in [-0.1, -0.05) is 23.7 Å². The van der Waals surface area contributed by atoms with E-state index < -0.39 is 5.60 Å². The molecule has 2 aliphatic rings. The first-order valence-corrected chi connectivity index (χ1v) is 8.51. The predicted octanol–water partition coefficient (Wildman–Crippen LogP) is 2.25. The van der Waals surface area contributed by atoms with Crippen LogP contribution in [0.15, 0.2) is 24.3 Å². The monoisotopic (exact) mass is 338 g/mol. The second kappa shape index (κ2) is 6.30. The molecule has 2 fully saturated rings. The van der Waals surface area contributed by atoms with Gasteiger partial charge in [0.25, 0.3) is 0 Å². The molecule has 126 valence electrons. The van der Waals surface area contributed by atoms with Gasteiger partial charge in [0, 0.05) is 18.1 Å². The number of aliphatic hydroxyl groups excluding tert-OH is 1. The van der Waals surface area contributed by atoms with E-state index in [1.165, 1.54) is 0 Å². The van der Waals surface area contributed by atoms with Crippen molar-refractivity contribution in [3.05, 3.63) is 34.9 Å². The van der Waals surface area contributed by atoms with E-state index in [9.17, 15) is 15.0 Å². The first kappa shape index (κ1) is 16.6. The molecule has 1 aromatic rings. The molecule has 2 amide bonds. The van der Waals surface area contributed by atoms with Crippen molar-refractivity contribution in [2.75, 3.05) is 19.7 Å². The molecular formula is C17H23ClN2O3. The minimum Gasteiger partial charge on any atom is -0.393 e. The zero-order chi connectivity index (χ0) is 16.5. The minimum absolute atomic E-state index is 0.0976. The molecule has 1 saturated carbocycles. The van der Waals surface area contributed by atoms with Crippen LogP contribution in [0.3, 0.4) is 0 Å². The maximum Gasteiger partial charge on any atom is 0.318 e. The van der Waals surface area contributed by atoms with Crippen molar-refractivity contribution in [3.8, 4) is 0 Å². The molecule has 0 radical (unpaired) electrons. The van der Waals surface area contributed by atoms with Crippen LogP contribution >= 0.6 is 11.6 Å². The average molecular weight is 339 g/mol. The van der Waals surface area contributed by atoms with Gasteiger partial charge in [-0.05, 0) is 49.8 Å². The van der Waals surface area contributed by atoms with E-state index in [1.807, 2.05) is 24.3 Å². The predicted molar refractivity (Wildman–Crippen MR) is 88.4 cm³/mol. The Labute approximate surface area is 141 Å². The quantitative estimate of drug-likeness (QED) is 0.791. The first-order valence-electron chi connectivity index (χ1n) is 8.13. The van der Waals surface area contributed by atoms with Crippen molar-refractivity contribution in [2.24, 2.45) is 0 Å². The van der Waals surface area contributed by atoms with E-state index in [-0.39, 0.29) is 18.2 Å². The highest BCUT2D eigenvalue weighted by Gasteiger charge is 2.46. The summed E-state index contributed by atoms with van der Waals surface area (Å²) in [5.74, 6) is 0. The number of amides is 2. The highest BCUT2D eigenvalue weighted by molar-refractivity contribution is 6.30. The van der Waals surface area contributed by atoms with Gasteiger partial charge in [-0.15, -0.1) is 0 Å². The van der Waals surface area contributed by atoms with Gasteiger partial charge in [-0.3, -0.25) is 0 Å². The second-order valence-corrected chi connectivity index (χ2v) is 7.18. The number of aliphatic hydroxyl groups is 2. The smallest absolute Gasteiger partial charge is 0.318 e. The van der Waals surface area contributed by atoms with Crippen molar-refractivity contribution >= 4 is 17.6 Å². The number of benzene rings is 1. The number of halogens is 1. The van der Waals surface area contributed by atoms with Crippen LogP contribution in [0.5, 0.6) is 0 Å². The number of carbonyl (C=O) groups excluding carboxylic acids is 1. The Morgan fingerprint density at radius 2 is 1.87 bits per heavy atom. The third-order valence-corrected chi connectivity index (χ3v) is 5.24. The van der Waals surface area contributed by atoms with E-state index in [4.69, 9.17) is 11.6 Å². The summed E-state index contributed by atoms with van der Waals surface area (Å²) in [6, 6.07) is 7.51. The Morgan fingerprint density at radius 1 is 1.17 bits per heavy atom. The Bertz CT molecular complexity index is 574. The molecule has 23 heavy (non-hydrogen) atoms. The molecule has 3 N–H and O–H groups in total. The molecule has 0 spiro atoms. The van der Waals surface area contributed by atoms with Gasteiger partial charge in [0.15, 0.2) is 0 Å². The van der Waals surface area contributed by atoms with Gasteiger partial charge in [-0.25, -0.2) is 4.79 Å². The molecule has 1 saturated heterocycles. The fraction of sp³-hybridized carbons (Fsp3) is 0.588. The lowest BCUT2D eigenvalue weighted by Crippen LogP contribution is -2.46. The van der Waals surface area contributed by atoms with Crippen LogP contribution in [-0.4, -0.2) is 46.4 Å².